The zero-order valence-corrected chi connectivity index (χ0v) is 20.4. The molecule has 1 aromatic heterocycles. The first-order chi connectivity index (χ1) is 17.0. The first-order valence-electron chi connectivity index (χ1n) is 11.9. The number of rotatable bonds is 3. The number of para-hydroxylation sites is 1. The Morgan fingerprint density at radius 1 is 0.600 bits per heavy atom. The lowest BCUT2D eigenvalue weighted by Gasteiger charge is -2.19. The zero-order valence-electron chi connectivity index (χ0n) is 20.4. The van der Waals surface area contributed by atoms with E-state index in [9.17, 15) is 0 Å². The van der Waals surface area contributed by atoms with Gasteiger partial charge < -0.3 is 0 Å². The fraction of sp³-hybridized carbons (Fsp3) is 0.121. The van der Waals surface area contributed by atoms with Crippen LogP contribution in [-0.4, -0.2) is 9.78 Å². The van der Waals surface area contributed by atoms with Crippen LogP contribution in [0.2, 0.25) is 0 Å². The highest BCUT2D eigenvalue weighted by Crippen LogP contribution is 2.31. The first kappa shape index (κ1) is 22.4. The summed E-state index contributed by atoms with van der Waals surface area (Å²) in [5.74, 6) is 6.47. The second-order valence-electron chi connectivity index (χ2n) is 9.68. The summed E-state index contributed by atoms with van der Waals surface area (Å²) in [4.78, 5) is 0. The van der Waals surface area contributed by atoms with Gasteiger partial charge in [-0.25, -0.2) is 4.68 Å². The number of benzene rings is 4. The van der Waals surface area contributed by atoms with Crippen LogP contribution < -0.4 is 0 Å². The first-order valence-corrected chi connectivity index (χ1v) is 11.9. The Balaban J connectivity index is 1.51. The lowest BCUT2D eigenvalue weighted by molar-refractivity contribution is 0.590. The van der Waals surface area contributed by atoms with E-state index in [1.54, 1.807) is 0 Å². The van der Waals surface area contributed by atoms with Crippen LogP contribution in [0.1, 0.15) is 37.5 Å². The molecule has 2 heteroatoms. The minimum absolute atomic E-state index is 0.120. The molecule has 0 amide bonds. The van der Waals surface area contributed by atoms with Crippen LogP contribution in [0.3, 0.4) is 0 Å². The van der Waals surface area contributed by atoms with Crippen molar-refractivity contribution in [2.45, 2.75) is 26.2 Å². The lowest BCUT2D eigenvalue weighted by atomic mass is 9.86. The maximum atomic E-state index is 5.00. The van der Waals surface area contributed by atoms with Crippen molar-refractivity contribution < 1.29 is 0 Å². The molecule has 5 aromatic rings. The molecule has 0 N–H and O–H groups in total. The fourth-order valence-corrected chi connectivity index (χ4v) is 4.02. The summed E-state index contributed by atoms with van der Waals surface area (Å²) >= 11 is 0. The van der Waals surface area contributed by atoms with E-state index in [0.717, 1.165) is 39.3 Å². The molecule has 0 aliphatic carbocycles. The number of aromatic nitrogens is 2. The second-order valence-corrected chi connectivity index (χ2v) is 9.68. The summed E-state index contributed by atoms with van der Waals surface area (Å²) in [6.07, 6.45) is 0. The molecule has 0 spiro atoms. The molecule has 0 aliphatic heterocycles. The van der Waals surface area contributed by atoms with Gasteiger partial charge in [0.25, 0.3) is 0 Å². The van der Waals surface area contributed by atoms with Gasteiger partial charge in [-0.3, -0.25) is 0 Å². The topological polar surface area (TPSA) is 17.8 Å². The minimum Gasteiger partial charge on any atom is -0.232 e. The Morgan fingerprint density at radius 3 is 1.74 bits per heavy atom. The summed E-state index contributed by atoms with van der Waals surface area (Å²) in [5, 5.41) is 5.00. The molecule has 35 heavy (non-hydrogen) atoms. The van der Waals surface area contributed by atoms with Gasteiger partial charge in [-0.05, 0) is 53.4 Å². The van der Waals surface area contributed by atoms with E-state index in [4.69, 9.17) is 5.10 Å². The predicted molar refractivity (Wildman–Crippen MR) is 146 cm³/mol. The molecule has 0 unspecified atom stereocenters. The molecule has 0 atom stereocenters. The summed E-state index contributed by atoms with van der Waals surface area (Å²) in [7, 11) is 0. The zero-order chi connectivity index (χ0) is 24.3. The van der Waals surface area contributed by atoms with Gasteiger partial charge in [-0.2, -0.15) is 5.10 Å². The molecule has 4 aromatic carbocycles. The summed E-state index contributed by atoms with van der Waals surface area (Å²) in [5.41, 5.74) is 8.69. The monoisotopic (exact) mass is 452 g/mol. The number of nitrogens with zero attached hydrogens (tertiary/aromatic N) is 2. The molecule has 0 bridgehead atoms. The van der Waals surface area contributed by atoms with Gasteiger partial charge in [0.15, 0.2) is 0 Å². The van der Waals surface area contributed by atoms with E-state index < -0.39 is 0 Å². The normalized spacial score (nSPS) is 11.1. The highest BCUT2D eigenvalue weighted by molar-refractivity contribution is 5.71. The largest absolute Gasteiger partial charge is 0.232 e. The van der Waals surface area contributed by atoms with Crippen molar-refractivity contribution in [2.75, 3.05) is 0 Å². The Hall–Kier alpha value is -4.35. The molecule has 5 rings (SSSR count). The van der Waals surface area contributed by atoms with Gasteiger partial charge >= 0.3 is 0 Å². The highest BCUT2D eigenvalue weighted by Gasteiger charge is 2.16. The highest BCUT2D eigenvalue weighted by atomic mass is 15.3. The molecule has 0 fully saturated rings. The quantitative estimate of drug-likeness (QED) is 0.254. The summed E-state index contributed by atoms with van der Waals surface area (Å²) in [6.45, 7) is 6.71. The molecule has 0 radical (unpaired) electrons. The number of hydrogen-bond acceptors (Lipinski definition) is 1. The Morgan fingerprint density at radius 2 is 1.14 bits per heavy atom. The average molecular weight is 453 g/mol. The SMILES string of the molecule is CC(C)(C)c1ccc(-c2cc(-c3ccc(C#Cc4ccccc4)cc3)nn2-c2ccccc2)cc1. The third-order valence-corrected chi connectivity index (χ3v) is 6.06. The average Bonchev–Trinajstić information content (AvgIpc) is 3.34. The van der Waals surface area contributed by atoms with Crippen molar-refractivity contribution in [2.24, 2.45) is 0 Å². The summed E-state index contributed by atoms with van der Waals surface area (Å²) in [6, 6.07) is 39.7. The van der Waals surface area contributed by atoms with Crippen LogP contribution in [0.25, 0.3) is 28.2 Å². The van der Waals surface area contributed by atoms with E-state index in [2.05, 4.69) is 99.3 Å². The third-order valence-electron chi connectivity index (χ3n) is 6.06. The van der Waals surface area contributed by atoms with E-state index in [1.807, 2.05) is 53.2 Å². The van der Waals surface area contributed by atoms with Crippen LogP contribution >= 0.6 is 0 Å². The van der Waals surface area contributed by atoms with Crippen molar-refractivity contribution in [1.29, 1.82) is 0 Å². The fourth-order valence-electron chi connectivity index (χ4n) is 4.02. The third kappa shape index (κ3) is 5.10. The van der Waals surface area contributed by atoms with Gasteiger partial charge in [-0.15, -0.1) is 0 Å². The van der Waals surface area contributed by atoms with Crippen molar-refractivity contribution in [3.05, 3.63) is 132 Å². The van der Waals surface area contributed by atoms with Gasteiger partial charge in [-0.1, -0.05) is 105 Å². The number of hydrogen-bond donors (Lipinski definition) is 0. The molecule has 170 valence electrons. The Kier molecular flexibility index (Phi) is 6.08. The smallest absolute Gasteiger partial charge is 0.0934 e. The van der Waals surface area contributed by atoms with E-state index in [-0.39, 0.29) is 5.41 Å². The van der Waals surface area contributed by atoms with Gasteiger partial charge in [0.05, 0.1) is 17.1 Å². The van der Waals surface area contributed by atoms with Crippen LogP contribution in [0.15, 0.2) is 115 Å². The van der Waals surface area contributed by atoms with Crippen LogP contribution in [0, 0.1) is 11.8 Å². The van der Waals surface area contributed by atoms with Crippen molar-refractivity contribution in [3.63, 3.8) is 0 Å². The maximum absolute atomic E-state index is 5.00. The maximum Gasteiger partial charge on any atom is 0.0934 e. The predicted octanol–water partition coefficient (Wildman–Crippen LogP) is 7.90. The van der Waals surface area contributed by atoms with E-state index in [0.29, 0.717) is 0 Å². The Labute approximate surface area is 207 Å². The van der Waals surface area contributed by atoms with Crippen molar-refractivity contribution in [3.8, 4) is 40.0 Å². The van der Waals surface area contributed by atoms with Crippen molar-refractivity contribution >= 4 is 0 Å². The minimum atomic E-state index is 0.120. The van der Waals surface area contributed by atoms with Crippen LogP contribution in [0.5, 0.6) is 0 Å². The molecule has 0 saturated carbocycles. The molecule has 2 nitrogen and oxygen atoms in total. The standard InChI is InChI=1S/C33H28N2/c1-33(2,3)29-22-20-28(21-23-29)32-24-31(34-35(32)30-12-8-5-9-13-30)27-18-16-26(17-19-27)15-14-25-10-6-4-7-11-25/h4-13,16-24H,1-3H3. The van der Waals surface area contributed by atoms with E-state index in [1.165, 1.54) is 5.56 Å². The molecule has 0 aliphatic rings. The van der Waals surface area contributed by atoms with Crippen LogP contribution in [0.4, 0.5) is 0 Å². The Bertz CT molecular complexity index is 1470. The second kappa shape index (κ2) is 9.49. The molecule has 1 heterocycles. The molecular weight excluding hydrogens is 424 g/mol. The van der Waals surface area contributed by atoms with Crippen LogP contribution in [-0.2, 0) is 5.41 Å². The van der Waals surface area contributed by atoms with E-state index >= 15 is 0 Å². The molecule has 0 saturated heterocycles. The lowest BCUT2D eigenvalue weighted by Crippen LogP contribution is -2.10. The molecular formula is C33H28N2. The van der Waals surface area contributed by atoms with Gasteiger partial charge in [0.1, 0.15) is 0 Å². The van der Waals surface area contributed by atoms with Gasteiger partial charge in [0, 0.05) is 22.3 Å². The van der Waals surface area contributed by atoms with Crippen molar-refractivity contribution in [1.82, 2.24) is 9.78 Å². The van der Waals surface area contributed by atoms with Gasteiger partial charge in [0.2, 0.25) is 0 Å². The summed E-state index contributed by atoms with van der Waals surface area (Å²) < 4.78 is 2.03.